The molecule has 0 rings (SSSR count). The van der Waals surface area contributed by atoms with Gasteiger partial charge >= 0.3 is 0 Å². The molecule has 4 heteroatoms. The molecular formula is C5H10O4. The van der Waals surface area contributed by atoms with Crippen molar-refractivity contribution in [2.75, 3.05) is 13.7 Å². The summed E-state index contributed by atoms with van der Waals surface area (Å²) in [6, 6.07) is 0. The van der Waals surface area contributed by atoms with E-state index < -0.39 is 12.2 Å². The molecule has 0 aromatic rings. The van der Waals surface area contributed by atoms with Crippen LogP contribution in [-0.4, -0.2) is 42.4 Å². The molecule has 0 amide bonds. The van der Waals surface area contributed by atoms with Gasteiger partial charge in [-0.1, -0.05) is 0 Å². The van der Waals surface area contributed by atoms with E-state index in [1.165, 1.54) is 7.11 Å². The van der Waals surface area contributed by atoms with Crippen LogP contribution in [0.2, 0.25) is 0 Å². The smallest absolute Gasteiger partial charge is 0.151 e. The average molecular weight is 134 g/mol. The van der Waals surface area contributed by atoms with Crippen LogP contribution in [0.4, 0.5) is 0 Å². The van der Waals surface area contributed by atoms with Crippen molar-refractivity contribution in [2.45, 2.75) is 12.2 Å². The van der Waals surface area contributed by atoms with Crippen molar-refractivity contribution in [3.05, 3.63) is 0 Å². The van der Waals surface area contributed by atoms with Gasteiger partial charge in [-0.05, 0) is 0 Å². The summed E-state index contributed by atoms with van der Waals surface area (Å²) >= 11 is 0. The van der Waals surface area contributed by atoms with Gasteiger partial charge in [-0.15, -0.1) is 0 Å². The van der Waals surface area contributed by atoms with Crippen LogP contribution < -0.4 is 0 Å². The van der Waals surface area contributed by atoms with Gasteiger partial charge in [-0.2, -0.15) is 0 Å². The van der Waals surface area contributed by atoms with E-state index >= 15 is 0 Å². The van der Waals surface area contributed by atoms with Crippen LogP contribution in [0.5, 0.6) is 0 Å². The molecule has 0 aromatic carbocycles. The maximum atomic E-state index is 9.82. The minimum Gasteiger partial charge on any atom is -0.394 e. The zero-order valence-electron chi connectivity index (χ0n) is 5.15. The molecule has 0 fully saturated rings. The number of ether oxygens (including phenoxy) is 1. The number of aliphatic hydroxyl groups excluding tert-OH is 2. The standard InChI is InChI=1S/C5H10O4/c1-9-5(3-7)4(8)2-6/h2,4-5,7-8H,3H2,1H3/t4?,5-/m0/s1. The minimum absolute atomic E-state index is 0.324. The van der Waals surface area contributed by atoms with E-state index in [0.29, 0.717) is 6.29 Å². The van der Waals surface area contributed by atoms with Crippen molar-refractivity contribution in [3.63, 3.8) is 0 Å². The largest absolute Gasteiger partial charge is 0.394 e. The van der Waals surface area contributed by atoms with Crippen molar-refractivity contribution in [2.24, 2.45) is 0 Å². The lowest BCUT2D eigenvalue weighted by Crippen LogP contribution is -2.32. The van der Waals surface area contributed by atoms with Gasteiger partial charge in [0.25, 0.3) is 0 Å². The van der Waals surface area contributed by atoms with E-state index in [9.17, 15) is 4.79 Å². The highest BCUT2D eigenvalue weighted by atomic mass is 16.5. The molecule has 0 bridgehead atoms. The highest BCUT2D eigenvalue weighted by molar-refractivity contribution is 5.56. The lowest BCUT2D eigenvalue weighted by molar-refractivity contribution is -0.123. The number of hydrogen-bond acceptors (Lipinski definition) is 4. The third-order valence-electron chi connectivity index (χ3n) is 1.00. The number of aldehydes is 1. The van der Waals surface area contributed by atoms with Gasteiger partial charge in [0.15, 0.2) is 6.29 Å². The molecule has 4 nitrogen and oxygen atoms in total. The Morgan fingerprint density at radius 2 is 2.33 bits per heavy atom. The molecule has 2 N–H and O–H groups in total. The highest BCUT2D eigenvalue weighted by Gasteiger charge is 2.15. The van der Waals surface area contributed by atoms with E-state index in [1.54, 1.807) is 0 Å². The van der Waals surface area contributed by atoms with Gasteiger partial charge < -0.3 is 19.7 Å². The van der Waals surface area contributed by atoms with Gasteiger partial charge in [-0.25, -0.2) is 0 Å². The Labute approximate surface area is 53.1 Å². The summed E-state index contributed by atoms with van der Waals surface area (Å²) in [6.45, 7) is -0.351. The predicted octanol–water partition coefficient (Wildman–Crippen LogP) is -1.45. The first-order valence-electron chi connectivity index (χ1n) is 2.53. The molecule has 1 unspecified atom stereocenters. The normalized spacial score (nSPS) is 16.8. The van der Waals surface area contributed by atoms with Crippen LogP contribution in [0.1, 0.15) is 0 Å². The fraction of sp³-hybridized carbons (Fsp3) is 0.800. The molecule has 0 aromatic heterocycles. The lowest BCUT2D eigenvalue weighted by Gasteiger charge is -2.12. The Kier molecular flexibility index (Phi) is 4.21. The van der Waals surface area contributed by atoms with Crippen LogP contribution in [-0.2, 0) is 9.53 Å². The molecule has 0 saturated carbocycles. The fourth-order valence-corrected chi connectivity index (χ4v) is 0.410. The Morgan fingerprint density at radius 1 is 1.78 bits per heavy atom. The van der Waals surface area contributed by atoms with Crippen LogP contribution in [0.25, 0.3) is 0 Å². The number of rotatable bonds is 4. The van der Waals surface area contributed by atoms with Crippen LogP contribution >= 0.6 is 0 Å². The molecule has 0 radical (unpaired) electrons. The lowest BCUT2D eigenvalue weighted by atomic mass is 10.2. The first-order chi connectivity index (χ1) is 4.26. The van der Waals surface area contributed by atoms with Crippen molar-refractivity contribution in [3.8, 4) is 0 Å². The molecule has 0 aliphatic heterocycles. The summed E-state index contributed by atoms with van der Waals surface area (Å²) in [4.78, 5) is 9.82. The molecular weight excluding hydrogens is 124 g/mol. The van der Waals surface area contributed by atoms with Crippen LogP contribution in [0, 0.1) is 0 Å². The monoisotopic (exact) mass is 134 g/mol. The maximum absolute atomic E-state index is 9.82. The van der Waals surface area contributed by atoms with Crippen molar-refractivity contribution >= 4 is 6.29 Å². The van der Waals surface area contributed by atoms with E-state index in [4.69, 9.17) is 10.2 Å². The number of hydrogen-bond donors (Lipinski definition) is 2. The SMILES string of the molecule is CO[C@@H](CO)C(O)C=O. The predicted molar refractivity (Wildman–Crippen MR) is 30.0 cm³/mol. The zero-order valence-corrected chi connectivity index (χ0v) is 5.15. The van der Waals surface area contributed by atoms with Gasteiger partial charge in [-0.3, -0.25) is 0 Å². The van der Waals surface area contributed by atoms with E-state index in [0.717, 1.165) is 0 Å². The number of carbonyl (C=O) groups excluding carboxylic acids is 1. The second-order valence-electron chi connectivity index (χ2n) is 1.58. The zero-order chi connectivity index (χ0) is 7.28. The molecule has 0 saturated heterocycles. The molecule has 9 heavy (non-hydrogen) atoms. The summed E-state index contributed by atoms with van der Waals surface area (Å²) in [6.07, 6.45) is -1.69. The Morgan fingerprint density at radius 3 is 2.44 bits per heavy atom. The molecule has 2 atom stereocenters. The minimum atomic E-state index is -1.22. The maximum Gasteiger partial charge on any atom is 0.151 e. The summed E-state index contributed by atoms with van der Waals surface area (Å²) in [7, 11) is 1.31. The third kappa shape index (κ3) is 2.55. The van der Waals surface area contributed by atoms with Crippen molar-refractivity contribution in [1.29, 1.82) is 0 Å². The fourth-order valence-electron chi connectivity index (χ4n) is 0.410. The molecule has 54 valence electrons. The number of aliphatic hydroxyl groups is 2. The van der Waals surface area contributed by atoms with Crippen LogP contribution in [0.3, 0.4) is 0 Å². The first-order valence-corrected chi connectivity index (χ1v) is 2.53. The molecule has 0 spiro atoms. The molecule has 0 aliphatic carbocycles. The average Bonchev–Trinajstić information content (AvgIpc) is 1.90. The topological polar surface area (TPSA) is 66.8 Å². The summed E-state index contributed by atoms with van der Waals surface area (Å²) in [5.41, 5.74) is 0. The van der Waals surface area contributed by atoms with Gasteiger partial charge in [0.2, 0.25) is 0 Å². The summed E-state index contributed by atoms with van der Waals surface area (Å²) in [5, 5.41) is 17.0. The summed E-state index contributed by atoms with van der Waals surface area (Å²) < 4.78 is 4.52. The van der Waals surface area contributed by atoms with Gasteiger partial charge in [0.05, 0.1) is 6.61 Å². The highest BCUT2D eigenvalue weighted by Crippen LogP contribution is 1.92. The molecule has 0 aliphatic rings. The Bertz CT molecular complexity index is 79.0. The molecule has 0 heterocycles. The second-order valence-corrected chi connectivity index (χ2v) is 1.58. The van der Waals surface area contributed by atoms with Crippen molar-refractivity contribution in [1.82, 2.24) is 0 Å². The van der Waals surface area contributed by atoms with Gasteiger partial charge in [0, 0.05) is 7.11 Å². The van der Waals surface area contributed by atoms with E-state index in [-0.39, 0.29) is 6.61 Å². The first kappa shape index (κ1) is 8.55. The Balaban J connectivity index is 3.63. The number of carbonyl (C=O) groups is 1. The summed E-state index contributed by atoms with van der Waals surface area (Å²) in [5.74, 6) is 0. The third-order valence-corrected chi connectivity index (χ3v) is 1.00. The van der Waals surface area contributed by atoms with E-state index in [2.05, 4.69) is 4.74 Å². The van der Waals surface area contributed by atoms with Crippen molar-refractivity contribution < 1.29 is 19.7 Å². The quantitative estimate of drug-likeness (QED) is 0.462. The Hall–Kier alpha value is -0.450. The number of methoxy groups -OCH3 is 1. The van der Waals surface area contributed by atoms with Gasteiger partial charge in [0.1, 0.15) is 12.2 Å². The second kappa shape index (κ2) is 4.43. The van der Waals surface area contributed by atoms with E-state index in [1.807, 2.05) is 0 Å². The van der Waals surface area contributed by atoms with Crippen LogP contribution in [0.15, 0.2) is 0 Å².